The summed E-state index contributed by atoms with van der Waals surface area (Å²) in [5, 5.41) is 11.7. The minimum absolute atomic E-state index is 0.0186. The molecule has 0 spiro atoms. The van der Waals surface area contributed by atoms with E-state index < -0.39 is 0 Å². The molecule has 1 aliphatic carbocycles. The van der Waals surface area contributed by atoms with Crippen LogP contribution < -0.4 is 5.32 Å². The maximum Gasteiger partial charge on any atom is 0.276 e. The van der Waals surface area contributed by atoms with Crippen molar-refractivity contribution in [3.05, 3.63) is 11.9 Å². The molecular weight excluding hydrogens is 290 g/mol. The molecule has 3 rings (SSSR count). The van der Waals surface area contributed by atoms with Crippen LogP contribution >= 0.6 is 0 Å². The minimum Gasteiger partial charge on any atom is -0.337 e. The third-order valence-corrected chi connectivity index (χ3v) is 5.67. The van der Waals surface area contributed by atoms with Crippen LogP contribution in [0.1, 0.15) is 68.4 Å². The highest BCUT2D eigenvalue weighted by molar-refractivity contribution is 5.91. The molecule has 1 amide bonds. The quantitative estimate of drug-likeness (QED) is 0.924. The van der Waals surface area contributed by atoms with Gasteiger partial charge in [0.15, 0.2) is 5.69 Å². The van der Waals surface area contributed by atoms with Crippen LogP contribution in [-0.2, 0) is 0 Å². The third kappa shape index (κ3) is 3.74. The molecule has 0 atom stereocenters. The van der Waals surface area contributed by atoms with Crippen molar-refractivity contribution in [2.75, 3.05) is 20.1 Å². The predicted octanol–water partition coefficient (Wildman–Crippen LogP) is 2.24. The van der Waals surface area contributed by atoms with Gasteiger partial charge in [-0.15, -0.1) is 5.10 Å². The molecule has 0 bridgehead atoms. The van der Waals surface area contributed by atoms with Crippen molar-refractivity contribution < 1.29 is 4.79 Å². The van der Waals surface area contributed by atoms with Crippen LogP contribution in [0.15, 0.2) is 6.20 Å². The van der Waals surface area contributed by atoms with E-state index in [0.717, 1.165) is 44.7 Å². The van der Waals surface area contributed by atoms with Gasteiger partial charge >= 0.3 is 0 Å². The molecule has 1 aromatic heterocycles. The van der Waals surface area contributed by atoms with Gasteiger partial charge in [0.2, 0.25) is 0 Å². The number of rotatable bonds is 4. The van der Waals surface area contributed by atoms with Crippen molar-refractivity contribution in [1.29, 1.82) is 0 Å². The fourth-order valence-corrected chi connectivity index (χ4v) is 3.91. The Labute approximate surface area is 138 Å². The van der Waals surface area contributed by atoms with Crippen molar-refractivity contribution in [3.8, 4) is 0 Å². The smallest absolute Gasteiger partial charge is 0.276 e. The first-order chi connectivity index (χ1) is 11.2. The van der Waals surface area contributed by atoms with E-state index in [4.69, 9.17) is 0 Å². The van der Waals surface area contributed by atoms with E-state index in [1.54, 1.807) is 0 Å². The summed E-state index contributed by atoms with van der Waals surface area (Å²) in [4.78, 5) is 14.6. The molecule has 2 heterocycles. The molecule has 1 aromatic rings. The predicted molar refractivity (Wildman–Crippen MR) is 89.3 cm³/mol. The lowest BCUT2D eigenvalue weighted by Crippen LogP contribution is -2.39. The first kappa shape index (κ1) is 16.4. The second-order valence-electron chi connectivity index (χ2n) is 7.06. The zero-order valence-corrected chi connectivity index (χ0v) is 14.4. The van der Waals surface area contributed by atoms with Gasteiger partial charge in [0.05, 0.1) is 12.2 Å². The monoisotopic (exact) mass is 319 g/mol. The van der Waals surface area contributed by atoms with E-state index in [1.807, 2.05) is 22.8 Å². The van der Waals surface area contributed by atoms with Gasteiger partial charge < -0.3 is 10.2 Å². The van der Waals surface area contributed by atoms with Crippen LogP contribution in [0.2, 0.25) is 0 Å². The van der Waals surface area contributed by atoms with Crippen LogP contribution in [-0.4, -0.2) is 52.0 Å². The number of hydrogen-bond acceptors (Lipinski definition) is 4. The Morgan fingerprint density at radius 2 is 1.96 bits per heavy atom. The summed E-state index contributed by atoms with van der Waals surface area (Å²) in [5.41, 5.74) is 0.489. The maximum atomic E-state index is 12.7. The Morgan fingerprint density at radius 3 is 2.61 bits per heavy atom. The molecule has 1 aliphatic heterocycles. The number of amides is 1. The molecule has 1 saturated carbocycles. The van der Waals surface area contributed by atoms with Gasteiger partial charge in [0, 0.05) is 13.1 Å². The fraction of sp³-hybridized carbons (Fsp3) is 0.824. The van der Waals surface area contributed by atoms with E-state index in [0.29, 0.717) is 17.8 Å². The fourth-order valence-electron chi connectivity index (χ4n) is 3.91. The van der Waals surface area contributed by atoms with E-state index >= 15 is 0 Å². The number of aromatic nitrogens is 3. The summed E-state index contributed by atoms with van der Waals surface area (Å²) in [6.07, 6.45) is 9.90. The van der Waals surface area contributed by atoms with Crippen LogP contribution in [0.3, 0.4) is 0 Å². The Kier molecular flexibility index (Phi) is 5.30. The van der Waals surface area contributed by atoms with Crippen molar-refractivity contribution in [2.24, 2.45) is 5.92 Å². The summed E-state index contributed by atoms with van der Waals surface area (Å²) in [5.74, 6) is 0.862. The molecule has 0 unspecified atom stereocenters. The largest absolute Gasteiger partial charge is 0.337 e. The number of carbonyl (C=O) groups excluding carboxylic acids is 1. The zero-order chi connectivity index (χ0) is 16.2. The zero-order valence-electron chi connectivity index (χ0n) is 14.4. The molecule has 0 aromatic carbocycles. The van der Waals surface area contributed by atoms with E-state index in [1.165, 1.54) is 19.3 Å². The van der Waals surface area contributed by atoms with Crippen molar-refractivity contribution in [1.82, 2.24) is 25.2 Å². The molecule has 23 heavy (non-hydrogen) atoms. The van der Waals surface area contributed by atoms with Gasteiger partial charge in [-0.2, -0.15) is 0 Å². The van der Waals surface area contributed by atoms with Gasteiger partial charge in [0.25, 0.3) is 5.91 Å². The van der Waals surface area contributed by atoms with Crippen LogP contribution in [0.5, 0.6) is 0 Å². The Morgan fingerprint density at radius 1 is 1.26 bits per heavy atom. The van der Waals surface area contributed by atoms with E-state index in [9.17, 15) is 4.79 Å². The summed E-state index contributed by atoms with van der Waals surface area (Å²) in [6, 6.07) is 0.727. The maximum absolute atomic E-state index is 12.7. The van der Waals surface area contributed by atoms with Gasteiger partial charge in [-0.25, -0.2) is 4.68 Å². The number of carbonyl (C=O) groups is 1. The molecule has 128 valence electrons. The van der Waals surface area contributed by atoms with Crippen LogP contribution in [0, 0.1) is 5.92 Å². The van der Waals surface area contributed by atoms with Crippen LogP contribution in [0.25, 0.3) is 0 Å². The molecule has 1 N–H and O–H groups in total. The minimum atomic E-state index is 0.0186. The highest BCUT2D eigenvalue weighted by Gasteiger charge is 2.28. The second-order valence-corrected chi connectivity index (χ2v) is 7.06. The summed E-state index contributed by atoms with van der Waals surface area (Å²) in [6.45, 7) is 4.28. The molecule has 2 aliphatic rings. The molecular formula is C17H29N5O. The van der Waals surface area contributed by atoms with Gasteiger partial charge in [0.1, 0.15) is 0 Å². The van der Waals surface area contributed by atoms with Crippen molar-refractivity contribution >= 4 is 5.91 Å². The Balaban J connectivity index is 1.60. The number of nitrogens with zero attached hydrogens (tertiary/aromatic N) is 4. The van der Waals surface area contributed by atoms with Gasteiger partial charge in [-0.1, -0.05) is 18.6 Å². The topological polar surface area (TPSA) is 63.1 Å². The average molecular weight is 319 g/mol. The lowest BCUT2D eigenvalue weighted by molar-refractivity contribution is 0.0668. The first-order valence-electron chi connectivity index (χ1n) is 9.08. The molecule has 6 nitrogen and oxygen atoms in total. The summed E-state index contributed by atoms with van der Waals surface area (Å²) >= 11 is 0. The lowest BCUT2D eigenvalue weighted by Gasteiger charge is -2.34. The average Bonchev–Trinajstić information content (AvgIpc) is 3.11. The first-order valence-corrected chi connectivity index (χ1v) is 9.08. The van der Waals surface area contributed by atoms with E-state index in [-0.39, 0.29) is 5.91 Å². The second kappa shape index (κ2) is 7.43. The van der Waals surface area contributed by atoms with Crippen LogP contribution in [0.4, 0.5) is 0 Å². The molecule has 2 fully saturated rings. The van der Waals surface area contributed by atoms with Crippen molar-refractivity contribution in [3.63, 3.8) is 0 Å². The number of piperidine rings is 1. The third-order valence-electron chi connectivity index (χ3n) is 5.67. The Bertz CT molecular complexity index is 515. The molecule has 1 saturated heterocycles. The number of hydrogen-bond donors (Lipinski definition) is 1. The molecule has 6 heteroatoms. The van der Waals surface area contributed by atoms with E-state index in [2.05, 4.69) is 22.6 Å². The molecule has 0 radical (unpaired) electrons. The standard InChI is InChI=1S/C17H29N5O/c1-3-13-4-6-14(7-5-13)21(2)17(23)16-12-22(20-19-16)15-8-10-18-11-9-15/h12-15,18H,3-11H2,1-2H3. The highest BCUT2D eigenvalue weighted by Crippen LogP contribution is 2.29. The Hall–Kier alpha value is -1.43. The van der Waals surface area contributed by atoms with Gasteiger partial charge in [-0.05, 0) is 57.5 Å². The summed E-state index contributed by atoms with van der Waals surface area (Å²) in [7, 11) is 1.92. The summed E-state index contributed by atoms with van der Waals surface area (Å²) < 4.78 is 1.88. The van der Waals surface area contributed by atoms with Gasteiger partial charge in [-0.3, -0.25) is 4.79 Å². The normalized spacial score (nSPS) is 26.2. The van der Waals surface area contributed by atoms with Crippen molar-refractivity contribution in [2.45, 2.75) is 64.0 Å². The number of nitrogens with one attached hydrogen (secondary N) is 1. The lowest BCUT2D eigenvalue weighted by atomic mass is 9.84. The highest BCUT2D eigenvalue weighted by atomic mass is 16.2. The SMILES string of the molecule is CCC1CCC(N(C)C(=O)c2cn(C3CCNCC3)nn2)CC1.